The normalized spacial score (nSPS) is 18.9. The number of rotatable bonds is 7. The van der Waals surface area contributed by atoms with Gasteiger partial charge in [-0.25, -0.2) is 0 Å². The minimum Gasteiger partial charge on any atom is -0.367 e. The zero-order chi connectivity index (χ0) is 17.4. The Bertz CT molecular complexity index is 533. The summed E-state index contributed by atoms with van der Waals surface area (Å²) in [7, 11) is 1.57. The maximum absolute atomic E-state index is 12.8. The molecule has 2 rings (SSSR count). The molecule has 1 fully saturated rings. The Morgan fingerprint density at radius 1 is 1.33 bits per heavy atom. The molecule has 24 heavy (non-hydrogen) atoms. The number of hydrogen-bond donors (Lipinski definition) is 1. The van der Waals surface area contributed by atoms with Crippen LogP contribution in [-0.4, -0.2) is 43.5 Å². The molecule has 1 heterocycles. The molecule has 0 spiro atoms. The molecule has 0 radical (unpaired) electrons. The van der Waals surface area contributed by atoms with E-state index in [1.807, 2.05) is 42.2 Å². The van der Waals surface area contributed by atoms with Crippen LogP contribution in [0, 0.1) is 5.92 Å². The first-order valence-corrected chi connectivity index (χ1v) is 8.79. The van der Waals surface area contributed by atoms with Gasteiger partial charge < -0.3 is 15.0 Å². The van der Waals surface area contributed by atoms with Crippen molar-refractivity contribution >= 4 is 11.8 Å². The molecule has 5 nitrogen and oxygen atoms in total. The number of piperidine rings is 1. The highest BCUT2D eigenvalue weighted by atomic mass is 16.5. The molecule has 1 aliphatic heterocycles. The molecule has 1 aliphatic rings. The molecule has 2 amide bonds. The predicted molar refractivity (Wildman–Crippen MR) is 93.4 cm³/mol. The van der Waals surface area contributed by atoms with Crippen molar-refractivity contribution in [1.29, 1.82) is 0 Å². The van der Waals surface area contributed by atoms with Gasteiger partial charge in [-0.3, -0.25) is 9.59 Å². The number of likely N-dealkylation sites (tertiary alicyclic amines) is 1. The molecule has 2 atom stereocenters. The summed E-state index contributed by atoms with van der Waals surface area (Å²) >= 11 is 0. The predicted octanol–water partition coefficient (Wildman–Crippen LogP) is 2.53. The van der Waals surface area contributed by atoms with Gasteiger partial charge >= 0.3 is 0 Å². The topological polar surface area (TPSA) is 58.6 Å². The van der Waals surface area contributed by atoms with Crippen LogP contribution >= 0.6 is 0 Å². The minimum absolute atomic E-state index is 0.00767. The second-order valence-corrected chi connectivity index (χ2v) is 6.37. The Balaban J connectivity index is 1.93. The molecule has 0 saturated carbocycles. The Morgan fingerprint density at radius 2 is 2.08 bits per heavy atom. The Kier molecular flexibility index (Phi) is 7.25. The first kappa shape index (κ1) is 18.5. The van der Waals surface area contributed by atoms with E-state index in [2.05, 4.69) is 5.32 Å². The third-order valence-corrected chi connectivity index (χ3v) is 4.46. The Labute approximate surface area is 144 Å². The van der Waals surface area contributed by atoms with Crippen LogP contribution in [0.4, 0.5) is 0 Å². The van der Waals surface area contributed by atoms with Crippen LogP contribution in [0.1, 0.15) is 44.3 Å². The summed E-state index contributed by atoms with van der Waals surface area (Å²) in [6.07, 6.45) is 2.87. The Morgan fingerprint density at radius 3 is 2.75 bits per heavy atom. The SMILES string of the molecule is CCCC(=O)NC[C@@H]1CCCN(C(=O)[C@@H](OC)c2ccccc2)C1. The molecule has 0 aliphatic carbocycles. The van der Waals surface area contributed by atoms with Crippen LogP contribution in [-0.2, 0) is 14.3 Å². The fraction of sp³-hybridized carbons (Fsp3) is 0.579. The van der Waals surface area contributed by atoms with Crippen molar-refractivity contribution in [3.63, 3.8) is 0 Å². The lowest BCUT2D eigenvalue weighted by molar-refractivity contribution is -0.144. The lowest BCUT2D eigenvalue weighted by Crippen LogP contribution is -2.45. The van der Waals surface area contributed by atoms with E-state index in [1.165, 1.54) is 0 Å². The molecule has 1 saturated heterocycles. The van der Waals surface area contributed by atoms with Crippen molar-refractivity contribution < 1.29 is 14.3 Å². The first-order valence-electron chi connectivity index (χ1n) is 8.79. The average molecular weight is 332 g/mol. The summed E-state index contributed by atoms with van der Waals surface area (Å²) in [4.78, 5) is 26.3. The number of amides is 2. The number of nitrogens with zero attached hydrogens (tertiary/aromatic N) is 1. The van der Waals surface area contributed by atoms with Crippen LogP contribution in [0.15, 0.2) is 30.3 Å². The van der Waals surface area contributed by atoms with Crippen LogP contribution in [0.25, 0.3) is 0 Å². The summed E-state index contributed by atoms with van der Waals surface area (Å²) in [5.74, 6) is 0.421. The molecule has 1 aromatic carbocycles. The molecular formula is C19H28N2O3. The second-order valence-electron chi connectivity index (χ2n) is 6.37. The summed E-state index contributed by atoms with van der Waals surface area (Å²) in [6.45, 7) is 4.07. The lowest BCUT2D eigenvalue weighted by Gasteiger charge is -2.34. The number of ether oxygens (including phenoxy) is 1. The van der Waals surface area contributed by atoms with Crippen LogP contribution in [0.2, 0.25) is 0 Å². The summed E-state index contributed by atoms with van der Waals surface area (Å²) in [5, 5.41) is 2.98. The average Bonchev–Trinajstić information content (AvgIpc) is 2.62. The first-order chi connectivity index (χ1) is 11.7. The summed E-state index contributed by atoms with van der Waals surface area (Å²) < 4.78 is 5.46. The van der Waals surface area contributed by atoms with Crippen LogP contribution in [0.5, 0.6) is 0 Å². The molecule has 0 aromatic heterocycles. The van der Waals surface area contributed by atoms with E-state index in [9.17, 15) is 9.59 Å². The van der Waals surface area contributed by atoms with Gasteiger partial charge in [-0.05, 0) is 30.7 Å². The third kappa shape index (κ3) is 5.06. The van der Waals surface area contributed by atoms with E-state index >= 15 is 0 Å². The highest BCUT2D eigenvalue weighted by Crippen LogP contribution is 2.23. The van der Waals surface area contributed by atoms with Gasteiger partial charge in [-0.15, -0.1) is 0 Å². The number of nitrogens with one attached hydrogen (secondary N) is 1. The van der Waals surface area contributed by atoms with E-state index in [1.54, 1.807) is 7.11 Å². The number of carbonyl (C=O) groups excluding carboxylic acids is 2. The van der Waals surface area contributed by atoms with Gasteiger partial charge in [-0.2, -0.15) is 0 Å². The molecule has 5 heteroatoms. The van der Waals surface area contributed by atoms with Crippen molar-refractivity contribution in [2.75, 3.05) is 26.7 Å². The van der Waals surface area contributed by atoms with Crippen LogP contribution in [0.3, 0.4) is 0 Å². The monoisotopic (exact) mass is 332 g/mol. The van der Waals surface area contributed by atoms with Crippen molar-refractivity contribution in [3.05, 3.63) is 35.9 Å². The third-order valence-electron chi connectivity index (χ3n) is 4.46. The highest BCUT2D eigenvalue weighted by molar-refractivity contribution is 5.82. The largest absolute Gasteiger partial charge is 0.367 e. The number of benzene rings is 1. The fourth-order valence-corrected chi connectivity index (χ4v) is 3.18. The van der Waals surface area contributed by atoms with E-state index in [-0.39, 0.29) is 11.8 Å². The van der Waals surface area contributed by atoms with Crippen molar-refractivity contribution in [3.8, 4) is 0 Å². The quantitative estimate of drug-likeness (QED) is 0.835. The number of hydrogen-bond acceptors (Lipinski definition) is 3. The summed E-state index contributed by atoms with van der Waals surface area (Å²) in [5.41, 5.74) is 0.878. The van der Waals surface area contributed by atoms with Crippen LogP contribution < -0.4 is 5.32 Å². The van der Waals surface area contributed by atoms with Gasteiger partial charge in [0.25, 0.3) is 5.91 Å². The fourth-order valence-electron chi connectivity index (χ4n) is 3.18. The molecule has 1 aromatic rings. The zero-order valence-electron chi connectivity index (χ0n) is 14.7. The maximum atomic E-state index is 12.8. The molecule has 0 unspecified atom stereocenters. The highest BCUT2D eigenvalue weighted by Gasteiger charge is 2.29. The smallest absolute Gasteiger partial charge is 0.256 e. The van der Waals surface area contributed by atoms with Gasteiger partial charge in [0.1, 0.15) is 0 Å². The molecule has 132 valence electrons. The molecule has 0 bridgehead atoms. The van der Waals surface area contributed by atoms with E-state index in [0.717, 1.165) is 31.4 Å². The van der Waals surface area contributed by atoms with Gasteiger partial charge in [0.15, 0.2) is 6.10 Å². The van der Waals surface area contributed by atoms with E-state index in [4.69, 9.17) is 4.74 Å². The van der Waals surface area contributed by atoms with Gasteiger partial charge in [0.2, 0.25) is 5.91 Å². The van der Waals surface area contributed by atoms with E-state index in [0.29, 0.717) is 25.4 Å². The number of methoxy groups -OCH3 is 1. The zero-order valence-corrected chi connectivity index (χ0v) is 14.7. The summed E-state index contributed by atoms with van der Waals surface area (Å²) in [6, 6.07) is 9.58. The van der Waals surface area contributed by atoms with Gasteiger partial charge in [0.05, 0.1) is 0 Å². The molecule has 1 N–H and O–H groups in total. The van der Waals surface area contributed by atoms with Crippen molar-refractivity contribution in [2.45, 2.75) is 38.7 Å². The second kappa shape index (κ2) is 9.42. The van der Waals surface area contributed by atoms with Crippen molar-refractivity contribution in [1.82, 2.24) is 10.2 Å². The van der Waals surface area contributed by atoms with Crippen molar-refractivity contribution in [2.24, 2.45) is 5.92 Å². The maximum Gasteiger partial charge on any atom is 0.256 e. The van der Waals surface area contributed by atoms with Gasteiger partial charge in [-0.1, -0.05) is 37.3 Å². The lowest BCUT2D eigenvalue weighted by atomic mass is 9.96. The minimum atomic E-state index is -0.556. The standard InChI is InChI=1S/C19H28N2O3/c1-3-8-17(22)20-13-15-9-7-12-21(14-15)19(23)18(24-2)16-10-5-4-6-11-16/h4-6,10-11,15,18H,3,7-9,12-14H2,1-2H3,(H,20,22)/t15-,18-/m0/s1. The van der Waals surface area contributed by atoms with Gasteiger partial charge in [0, 0.05) is 33.2 Å². The number of carbonyl (C=O) groups is 2. The molecular weight excluding hydrogens is 304 g/mol. The van der Waals surface area contributed by atoms with E-state index < -0.39 is 6.10 Å². The Hall–Kier alpha value is -1.88.